The van der Waals surface area contributed by atoms with Crippen LogP contribution >= 0.6 is 0 Å². The van der Waals surface area contributed by atoms with Gasteiger partial charge in [-0.25, -0.2) is 9.59 Å². The largest absolute Gasteiger partial charge is 0.457 e. The van der Waals surface area contributed by atoms with E-state index in [4.69, 9.17) is 14.2 Å². The van der Waals surface area contributed by atoms with Gasteiger partial charge in [-0.2, -0.15) is 0 Å². The van der Waals surface area contributed by atoms with Crippen LogP contribution in [0.2, 0.25) is 0 Å². The monoisotopic (exact) mass is 285 g/mol. The molecule has 0 N–H and O–H groups in total. The molecule has 0 radical (unpaired) electrons. The molecule has 0 bridgehead atoms. The van der Waals surface area contributed by atoms with E-state index in [0.717, 1.165) is 0 Å². The Kier molecular flexibility index (Phi) is 3.48. The summed E-state index contributed by atoms with van der Waals surface area (Å²) in [4.78, 5) is 25.7. The second-order valence-electron chi connectivity index (χ2n) is 7.07. The maximum Gasteiger partial charge on any atom is 0.410 e. The van der Waals surface area contributed by atoms with Crippen LogP contribution in [0.25, 0.3) is 0 Å². The molecule has 2 aliphatic rings. The van der Waals surface area contributed by atoms with Crippen molar-refractivity contribution >= 4 is 12.1 Å². The summed E-state index contributed by atoms with van der Waals surface area (Å²) in [7, 11) is 0. The van der Waals surface area contributed by atoms with Gasteiger partial charge >= 0.3 is 12.1 Å². The highest BCUT2D eigenvalue weighted by Gasteiger charge is 2.56. The fourth-order valence-corrected chi connectivity index (χ4v) is 2.64. The molecule has 2 fully saturated rings. The highest BCUT2D eigenvalue weighted by Crippen LogP contribution is 2.38. The van der Waals surface area contributed by atoms with Gasteiger partial charge in [0.2, 0.25) is 0 Å². The highest BCUT2D eigenvalue weighted by atomic mass is 16.6. The predicted molar refractivity (Wildman–Crippen MR) is 71.3 cm³/mol. The van der Waals surface area contributed by atoms with Crippen LogP contribution in [0.3, 0.4) is 0 Å². The molecule has 1 amide bonds. The van der Waals surface area contributed by atoms with E-state index in [2.05, 4.69) is 0 Å². The first kappa shape index (κ1) is 15.1. The van der Waals surface area contributed by atoms with Gasteiger partial charge in [-0.1, -0.05) is 0 Å². The summed E-state index contributed by atoms with van der Waals surface area (Å²) in [5.74, 6) is -0.393. The average Bonchev–Trinajstić information content (AvgIpc) is 2.46. The first-order valence-electron chi connectivity index (χ1n) is 6.88. The zero-order valence-electron chi connectivity index (χ0n) is 12.8. The van der Waals surface area contributed by atoms with Crippen LogP contribution in [0.5, 0.6) is 0 Å². The number of ether oxygens (including phenoxy) is 3. The standard InChI is InChI=1S/C14H23NO5/c1-12(2,3)20-11(17)15-6-7-18-14(9-15)8-13(4,5)19-10(14)16/h6-9H2,1-5H3. The molecule has 6 nitrogen and oxygen atoms in total. The Morgan fingerprint density at radius 1 is 1.35 bits per heavy atom. The number of cyclic esters (lactones) is 1. The van der Waals surface area contributed by atoms with E-state index in [-0.39, 0.29) is 6.54 Å². The number of rotatable bonds is 0. The molecule has 1 spiro atoms. The van der Waals surface area contributed by atoms with E-state index >= 15 is 0 Å². The smallest absolute Gasteiger partial charge is 0.410 e. The van der Waals surface area contributed by atoms with Crippen molar-refractivity contribution in [3.05, 3.63) is 0 Å². The van der Waals surface area contributed by atoms with Crippen LogP contribution in [0.15, 0.2) is 0 Å². The van der Waals surface area contributed by atoms with Gasteiger partial charge in [0.1, 0.15) is 11.2 Å². The van der Waals surface area contributed by atoms with Crippen molar-refractivity contribution in [1.29, 1.82) is 0 Å². The maximum atomic E-state index is 12.1. The third-order valence-electron chi connectivity index (χ3n) is 3.29. The molecule has 2 rings (SSSR count). The molecule has 0 aromatic rings. The van der Waals surface area contributed by atoms with Crippen LogP contribution in [0, 0.1) is 0 Å². The van der Waals surface area contributed by atoms with E-state index in [1.165, 1.54) is 4.90 Å². The number of amides is 1. The van der Waals surface area contributed by atoms with Gasteiger partial charge in [0, 0.05) is 13.0 Å². The Hall–Kier alpha value is -1.30. The normalized spacial score (nSPS) is 29.4. The lowest BCUT2D eigenvalue weighted by atomic mass is 9.91. The van der Waals surface area contributed by atoms with Crippen molar-refractivity contribution < 1.29 is 23.8 Å². The molecule has 0 aromatic carbocycles. The lowest BCUT2D eigenvalue weighted by Gasteiger charge is -2.38. The molecular formula is C14H23NO5. The van der Waals surface area contributed by atoms with Crippen molar-refractivity contribution in [2.24, 2.45) is 0 Å². The zero-order chi connectivity index (χ0) is 15.2. The fraction of sp³-hybridized carbons (Fsp3) is 0.857. The van der Waals surface area contributed by atoms with Gasteiger partial charge in [0.25, 0.3) is 0 Å². The lowest BCUT2D eigenvalue weighted by molar-refractivity contribution is -0.169. The van der Waals surface area contributed by atoms with E-state index in [1.54, 1.807) is 0 Å². The SMILES string of the molecule is CC(C)(C)OC(=O)N1CCOC2(C1)CC(C)(C)OC2=O. The summed E-state index contributed by atoms with van der Waals surface area (Å²) in [6.07, 6.45) is 0.0238. The molecular weight excluding hydrogens is 262 g/mol. The molecule has 6 heteroatoms. The van der Waals surface area contributed by atoms with Crippen molar-refractivity contribution in [3.8, 4) is 0 Å². The van der Waals surface area contributed by atoms with Crippen LogP contribution in [0.4, 0.5) is 4.79 Å². The van der Waals surface area contributed by atoms with Gasteiger partial charge in [-0.3, -0.25) is 0 Å². The maximum absolute atomic E-state index is 12.1. The molecule has 20 heavy (non-hydrogen) atoms. The number of esters is 1. The average molecular weight is 285 g/mol. The minimum atomic E-state index is -1.04. The molecule has 2 saturated heterocycles. The molecule has 0 saturated carbocycles. The Morgan fingerprint density at radius 2 is 2.00 bits per heavy atom. The predicted octanol–water partition coefficient (Wildman–Crippen LogP) is 1.72. The number of hydrogen-bond acceptors (Lipinski definition) is 5. The summed E-state index contributed by atoms with van der Waals surface area (Å²) in [6, 6.07) is 0. The summed E-state index contributed by atoms with van der Waals surface area (Å²) < 4.78 is 16.3. The number of carbonyl (C=O) groups is 2. The van der Waals surface area contributed by atoms with E-state index < -0.39 is 28.9 Å². The molecule has 1 unspecified atom stereocenters. The Morgan fingerprint density at radius 3 is 2.50 bits per heavy atom. The second kappa shape index (κ2) is 4.62. The van der Waals surface area contributed by atoms with Crippen LogP contribution < -0.4 is 0 Å². The van der Waals surface area contributed by atoms with Crippen molar-refractivity contribution in [3.63, 3.8) is 0 Å². The van der Waals surface area contributed by atoms with E-state index in [9.17, 15) is 9.59 Å². The molecule has 2 aliphatic heterocycles. The third kappa shape index (κ3) is 3.06. The molecule has 1 atom stereocenters. The van der Waals surface area contributed by atoms with Crippen molar-refractivity contribution in [2.45, 2.75) is 57.8 Å². The molecule has 2 heterocycles. The highest BCUT2D eigenvalue weighted by molar-refractivity contribution is 5.84. The Labute approximate surface area is 119 Å². The summed E-state index contributed by atoms with van der Waals surface area (Å²) in [6.45, 7) is 10.0. The first-order chi connectivity index (χ1) is 9.03. The third-order valence-corrected chi connectivity index (χ3v) is 3.29. The van der Waals surface area contributed by atoms with Crippen molar-refractivity contribution in [2.75, 3.05) is 19.7 Å². The summed E-state index contributed by atoms with van der Waals surface area (Å²) in [5.41, 5.74) is -2.16. The number of hydrogen-bond donors (Lipinski definition) is 0. The lowest BCUT2D eigenvalue weighted by Crippen LogP contribution is -2.57. The second-order valence-corrected chi connectivity index (χ2v) is 7.07. The van der Waals surface area contributed by atoms with Gasteiger partial charge in [-0.15, -0.1) is 0 Å². The van der Waals surface area contributed by atoms with Gasteiger partial charge in [0.15, 0.2) is 5.60 Å². The fourth-order valence-electron chi connectivity index (χ4n) is 2.64. The van der Waals surface area contributed by atoms with Crippen LogP contribution in [-0.2, 0) is 19.0 Å². The Bertz CT molecular complexity index is 426. The van der Waals surface area contributed by atoms with Gasteiger partial charge < -0.3 is 19.1 Å². The number of nitrogens with zero attached hydrogens (tertiary/aromatic N) is 1. The molecule has 114 valence electrons. The van der Waals surface area contributed by atoms with Crippen molar-refractivity contribution in [1.82, 2.24) is 4.90 Å². The Balaban J connectivity index is 2.09. The minimum Gasteiger partial charge on any atom is -0.457 e. The number of morpholine rings is 1. The molecule has 0 aliphatic carbocycles. The van der Waals surface area contributed by atoms with Gasteiger partial charge in [-0.05, 0) is 34.6 Å². The summed E-state index contributed by atoms with van der Waals surface area (Å²) in [5, 5.41) is 0. The van der Waals surface area contributed by atoms with Gasteiger partial charge in [0.05, 0.1) is 13.2 Å². The summed E-state index contributed by atoms with van der Waals surface area (Å²) >= 11 is 0. The number of carbonyl (C=O) groups excluding carboxylic acids is 2. The topological polar surface area (TPSA) is 65.1 Å². The zero-order valence-corrected chi connectivity index (χ0v) is 12.8. The van der Waals surface area contributed by atoms with E-state index in [0.29, 0.717) is 19.6 Å². The minimum absolute atomic E-state index is 0.185. The molecule has 0 aromatic heterocycles. The van der Waals surface area contributed by atoms with Crippen LogP contribution in [0.1, 0.15) is 41.0 Å². The van der Waals surface area contributed by atoms with Crippen LogP contribution in [-0.4, -0.2) is 53.5 Å². The first-order valence-corrected chi connectivity index (χ1v) is 6.88. The van der Waals surface area contributed by atoms with E-state index in [1.807, 2.05) is 34.6 Å². The quantitative estimate of drug-likeness (QED) is 0.634.